The predicted molar refractivity (Wildman–Crippen MR) is 86.6 cm³/mol. The predicted octanol–water partition coefficient (Wildman–Crippen LogP) is 1.91. The van der Waals surface area contributed by atoms with E-state index in [0.29, 0.717) is 19.3 Å². The standard InChI is InChI=1S/C19H22F2O6/c20-7-10(21)8-25-18(23)13-11-6-12-14(13)19(24)27-16(12)15(11)26-17(22)9-4-2-1-3-5-9/h1-2,9-16H,3-8H2. The average Bonchev–Trinajstić information content (AvgIpc) is 3.30. The molecular weight excluding hydrogens is 362 g/mol. The molecule has 6 nitrogen and oxygen atoms in total. The zero-order valence-electron chi connectivity index (χ0n) is 14.7. The Labute approximate surface area is 155 Å². The topological polar surface area (TPSA) is 78.9 Å². The van der Waals surface area contributed by atoms with E-state index in [9.17, 15) is 23.2 Å². The summed E-state index contributed by atoms with van der Waals surface area (Å²) >= 11 is 0. The fraction of sp³-hybridized carbons (Fsp3) is 0.737. The number of ether oxygens (including phenoxy) is 3. The number of carbonyl (C=O) groups is 3. The van der Waals surface area contributed by atoms with Crippen LogP contribution in [-0.4, -0.2) is 49.6 Å². The molecule has 8 unspecified atom stereocenters. The molecule has 0 spiro atoms. The number of hydrogen-bond donors (Lipinski definition) is 0. The van der Waals surface area contributed by atoms with Gasteiger partial charge in [0, 0.05) is 11.8 Å². The zero-order valence-corrected chi connectivity index (χ0v) is 14.7. The molecule has 0 aromatic rings. The highest BCUT2D eigenvalue weighted by molar-refractivity contribution is 5.86. The summed E-state index contributed by atoms with van der Waals surface area (Å²) in [7, 11) is 0. The van der Waals surface area contributed by atoms with Gasteiger partial charge in [-0.1, -0.05) is 12.2 Å². The third-order valence-corrected chi connectivity index (χ3v) is 6.25. The quantitative estimate of drug-likeness (QED) is 0.396. The van der Waals surface area contributed by atoms with E-state index in [4.69, 9.17) is 14.2 Å². The molecule has 2 bridgehead atoms. The third kappa shape index (κ3) is 3.12. The monoisotopic (exact) mass is 384 g/mol. The number of esters is 3. The average molecular weight is 384 g/mol. The molecule has 1 heterocycles. The molecule has 3 aliphatic carbocycles. The maximum Gasteiger partial charge on any atom is 0.310 e. The Kier molecular flexibility index (Phi) is 4.90. The second-order valence-electron chi connectivity index (χ2n) is 7.78. The highest BCUT2D eigenvalue weighted by Crippen LogP contribution is 2.59. The van der Waals surface area contributed by atoms with Gasteiger partial charge in [0.1, 0.15) is 25.5 Å². The van der Waals surface area contributed by atoms with Crippen LogP contribution in [0.1, 0.15) is 25.7 Å². The summed E-state index contributed by atoms with van der Waals surface area (Å²) in [6.45, 7) is -1.93. The maximum atomic E-state index is 13.1. The summed E-state index contributed by atoms with van der Waals surface area (Å²) in [4.78, 5) is 37.2. The van der Waals surface area contributed by atoms with Gasteiger partial charge in [0.15, 0.2) is 6.17 Å². The Bertz CT molecular complexity index is 665. The number of allylic oxidation sites excluding steroid dienone is 2. The molecule has 3 fully saturated rings. The van der Waals surface area contributed by atoms with Gasteiger partial charge in [-0.3, -0.25) is 14.4 Å². The first-order valence-corrected chi connectivity index (χ1v) is 9.44. The first-order chi connectivity index (χ1) is 13.0. The lowest BCUT2D eigenvalue weighted by molar-refractivity contribution is -0.170. The van der Waals surface area contributed by atoms with Gasteiger partial charge >= 0.3 is 17.9 Å². The second-order valence-corrected chi connectivity index (χ2v) is 7.78. The molecule has 0 N–H and O–H groups in total. The SMILES string of the molecule is O=C(OC1C2CC3C1OC(=O)C3C2C(=O)OCC(F)CF)C1CC=CCC1. The molecule has 27 heavy (non-hydrogen) atoms. The van der Waals surface area contributed by atoms with Gasteiger partial charge in [0.2, 0.25) is 0 Å². The first kappa shape index (κ1) is 18.4. The van der Waals surface area contributed by atoms with Crippen molar-refractivity contribution in [1.82, 2.24) is 0 Å². The van der Waals surface area contributed by atoms with Crippen LogP contribution in [0.3, 0.4) is 0 Å². The minimum absolute atomic E-state index is 0.202. The number of carbonyl (C=O) groups excluding carboxylic acids is 3. The fourth-order valence-corrected chi connectivity index (χ4v) is 5.02. The number of fused-ring (bicyclic) bond motifs is 1. The van der Waals surface area contributed by atoms with Crippen LogP contribution in [0.4, 0.5) is 8.78 Å². The lowest BCUT2D eigenvalue weighted by Gasteiger charge is -2.31. The van der Waals surface area contributed by atoms with Gasteiger partial charge < -0.3 is 14.2 Å². The van der Waals surface area contributed by atoms with Crippen molar-refractivity contribution in [3.8, 4) is 0 Å². The maximum absolute atomic E-state index is 13.1. The minimum atomic E-state index is -1.89. The number of rotatable bonds is 6. The highest BCUT2D eigenvalue weighted by Gasteiger charge is 2.70. The Morgan fingerprint density at radius 3 is 2.78 bits per heavy atom. The van der Waals surface area contributed by atoms with Crippen LogP contribution < -0.4 is 0 Å². The Balaban J connectivity index is 1.46. The van der Waals surface area contributed by atoms with Crippen LogP contribution in [0.5, 0.6) is 0 Å². The summed E-state index contributed by atoms with van der Waals surface area (Å²) < 4.78 is 41.3. The van der Waals surface area contributed by atoms with Gasteiger partial charge in [-0.2, -0.15) is 0 Å². The summed E-state index contributed by atoms with van der Waals surface area (Å²) in [5.41, 5.74) is 0. The van der Waals surface area contributed by atoms with Crippen molar-refractivity contribution in [2.75, 3.05) is 13.3 Å². The lowest BCUT2D eigenvalue weighted by Crippen LogP contribution is -2.44. The number of alkyl halides is 2. The van der Waals surface area contributed by atoms with Gasteiger partial charge in [-0.25, -0.2) is 8.78 Å². The van der Waals surface area contributed by atoms with Crippen molar-refractivity contribution in [2.24, 2.45) is 29.6 Å². The van der Waals surface area contributed by atoms with Crippen LogP contribution in [0.25, 0.3) is 0 Å². The van der Waals surface area contributed by atoms with Crippen LogP contribution in [-0.2, 0) is 28.6 Å². The minimum Gasteiger partial charge on any atom is -0.462 e. The normalized spacial score (nSPS) is 39.9. The molecule has 4 aliphatic rings. The van der Waals surface area contributed by atoms with E-state index in [-0.39, 0.29) is 17.8 Å². The number of hydrogen-bond acceptors (Lipinski definition) is 6. The van der Waals surface area contributed by atoms with Gasteiger partial charge in [0.05, 0.1) is 17.8 Å². The van der Waals surface area contributed by atoms with E-state index in [0.717, 1.165) is 6.42 Å². The van der Waals surface area contributed by atoms with Crippen LogP contribution >= 0.6 is 0 Å². The molecule has 0 amide bonds. The van der Waals surface area contributed by atoms with Crippen molar-refractivity contribution < 1.29 is 37.4 Å². The van der Waals surface area contributed by atoms with Crippen molar-refractivity contribution in [3.63, 3.8) is 0 Å². The van der Waals surface area contributed by atoms with E-state index >= 15 is 0 Å². The summed E-state index contributed by atoms with van der Waals surface area (Å²) in [6, 6.07) is 0. The van der Waals surface area contributed by atoms with Crippen molar-refractivity contribution in [2.45, 2.75) is 44.1 Å². The largest absolute Gasteiger partial charge is 0.462 e. The summed E-state index contributed by atoms with van der Waals surface area (Å²) in [5.74, 6) is -3.91. The van der Waals surface area contributed by atoms with Gasteiger partial charge in [0.25, 0.3) is 0 Å². The first-order valence-electron chi connectivity index (χ1n) is 9.44. The van der Waals surface area contributed by atoms with E-state index < -0.39 is 61.4 Å². The van der Waals surface area contributed by atoms with Gasteiger partial charge in [-0.15, -0.1) is 0 Å². The molecule has 0 aromatic heterocycles. The fourth-order valence-electron chi connectivity index (χ4n) is 5.02. The van der Waals surface area contributed by atoms with E-state index in [2.05, 4.69) is 0 Å². The van der Waals surface area contributed by atoms with Crippen molar-refractivity contribution in [1.29, 1.82) is 0 Å². The Hall–Kier alpha value is -1.99. The van der Waals surface area contributed by atoms with Crippen LogP contribution in [0, 0.1) is 29.6 Å². The molecule has 8 heteroatoms. The van der Waals surface area contributed by atoms with Crippen molar-refractivity contribution in [3.05, 3.63) is 12.2 Å². The van der Waals surface area contributed by atoms with Crippen LogP contribution in [0.15, 0.2) is 12.2 Å². The molecular formula is C19H22F2O6. The van der Waals surface area contributed by atoms with E-state index in [1.54, 1.807) is 0 Å². The molecule has 1 saturated heterocycles. The van der Waals surface area contributed by atoms with E-state index in [1.165, 1.54) is 0 Å². The molecule has 0 radical (unpaired) electrons. The molecule has 0 aromatic carbocycles. The highest BCUT2D eigenvalue weighted by atomic mass is 19.2. The third-order valence-electron chi connectivity index (χ3n) is 6.25. The Morgan fingerprint density at radius 1 is 1.26 bits per heavy atom. The molecule has 2 saturated carbocycles. The molecule has 148 valence electrons. The Morgan fingerprint density at radius 2 is 2.07 bits per heavy atom. The second kappa shape index (κ2) is 7.20. The van der Waals surface area contributed by atoms with E-state index in [1.807, 2.05) is 12.2 Å². The molecule has 4 rings (SSSR count). The summed E-state index contributed by atoms with van der Waals surface area (Å²) in [5, 5.41) is 0. The summed E-state index contributed by atoms with van der Waals surface area (Å²) in [6.07, 6.45) is 3.51. The molecule has 8 atom stereocenters. The smallest absolute Gasteiger partial charge is 0.310 e. The number of halogens is 2. The molecule has 1 aliphatic heterocycles. The lowest BCUT2D eigenvalue weighted by atomic mass is 9.78. The van der Waals surface area contributed by atoms with Crippen LogP contribution in [0.2, 0.25) is 0 Å². The van der Waals surface area contributed by atoms with Gasteiger partial charge in [-0.05, 0) is 25.7 Å². The van der Waals surface area contributed by atoms with Crippen molar-refractivity contribution >= 4 is 17.9 Å². The zero-order chi connectivity index (χ0) is 19.1.